The fourth-order valence-electron chi connectivity index (χ4n) is 3.82. The molecule has 1 amide bonds. The highest BCUT2D eigenvalue weighted by molar-refractivity contribution is 6.04. The van der Waals surface area contributed by atoms with Crippen molar-refractivity contribution in [3.8, 4) is 0 Å². The Balaban J connectivity index is 1.50. The summed E-state index contributed by atoms with van der Waals surface area (Å²) in [5, 5.41) is 0. The number of likely N-dealkylation sites (tertiary alicyclic amines) is 1. The lowest BCUT2D eigenvalue weighted by molar-refractivity contribution is 0.0931. The zero-order valence-corrected chi connectivity index (χ0v) is 15.9. The number of furan rings is 1. The van der Waals surface area contributed by atoms with Crippen molar-refractivity contribution >= 4 is 11.6 Å². The van der Waals surface area contributed by atoms with Crippen LogP contribution in [-0.2, 0) is 6.54 Å². The van der Waals surface area contributed by atoms with Gasteiger partial charge in [-0.25, -0.2) is 8.78 Å². The van der Waals surface area contributed by atoms with E-state index in [4.69, 9.17) is 4.42 Å². The van der Waals surface area contributed by atoms with Crippen LogP contribution in [0.5, 0.6) is 0 Å². The van der Waals surface area contributed by atoms with Gasteiger partial charge < -0.3 is 9.32 Å². The third kappa shape index (κ3) is 4.38. The molecule has 6 heteroatoms. The number of halogens is 2. The Kier molecular flexibility index (Phi) is 5.71. The van der Waals surface area contributed by atoms with Gasteiger partial charge in [-0.1, -0.05) is 18.2 Å². The zero-order chi connectivity index (χ0) is 20.2. The predicted molar refractivity (Wildman–Crippen MR) is 107 cm³/mol. The molecule has 150 valence electrons. The number of rotatable bonds is 5. The smallest absolute Gasteiger partial charge is 0.294 e. The van der Waals surface area contributed by atoms with Crippen molar-refractivity contribution < 1.29 is 18.0 Å². The first-order valence-corrected chi connectivity index (χ1v) is 9.70. The summed E-state index contributed by atoms with van der Waals surface area (Å²) in [5.41, 5.74) is 1.31. The Morgan fingerprint density at radius 1 is 1.00 bits per heavy atom. The summed E-state index contributed by atoms with van der Waals surface area (Å²) in [6, 6.07) is 16.0. The van der Waals surface area contributed by atoms with Gasteiger partial charge >= 0.3 is 0 Å². The highest BCUT2D eigenvalue weighted by atomic mass is 19.1. The number of hydrogen-bond acceptors (Lipinski definition) is 3. The predicted octanol–water partition coefficient (Wildman–Crippen LogP) is 4.87. The van der Waals surface area contributed by atoms with Gasteiger partial charge in [-0.3, -0.25) is 9.69 Å². The average Bonchev–Trinajstić information content (AvgIpc) is 3.27. The van der Waals surface area contributed by atoms with E-state index in [1.807, 2.05) is 6.07 Å². The highest BCUT2D eigenvalue weighted by Gasteiger charge is 2.31. The van der Waals surface area contributed by atoms with Crippen molar-refractivity contribution in [3.05, 3.63) is 89.9 Å². The lowest BCUT2D eigenvalue weighted by Gasteiger charge is -2.38. The molecular formula is C23H22F2N2O2. The van der Waals surface area contributed by atoms with Crippen LogP contribution in [-0.4, -0.2) is 29.9 Å². The third-order valence-electron chi connectivity index (χ3n) is 5.33. The fourth-order valence-corrected chi connectivity index (χ4v) is 3.82. The third-order valence-corrected chi connectivity index (χ3v) is 5.33. The van der Waals surface area contributed by atoms with Crippen LogP contribution in [0.3, 0.4) is 0 Å². The molecule has 0 radical (unpaired) electrons. The van der Waals surface area contributed by atoms with E-state index in [2.05, 4.69) is 4.90 Å². The van der Waals surface area contributed by atoms with Gasteiger partial charge in [0.15, 0.2) is 5.76 Å². The van der Waals surface area contributed by atoms with Gasteiger partial charge in [0.2, 0.25) is 0 Å². The molecule has 0 atom stereocenters. The minimum absolute atomic E-state index is 0.0464. The molecule has 0 spiro atoms. The number of benzene rings is 2. The fraction of sp³-hybridized carbons (Fsp3) is 0.261. The van der Waals surface area contributed by atoms with Crippen LogP contribution in [0.1, 0.15) is 29.0 Å². The maximum atomic E-state index is 13.9. The monoisotopic (exact) mass is 396 g/mol. The minimum Gasteiger partial charge on any atom is -0.459 e. The Bertz CT molecular complexity index is 949. The van der Waals surface area contributed by atoms with Crippen LogP contribution in [0, 0.1) is 11.6 Å². The molecule has 0 bridgehead atoms. The molecule has 1 aliphatic heterocycles. The summed E-state index contributed by atoms with van der Waals surface area (Å²) in [7, 11) is 0. The van der Waals surface area contributed by atoms with E-state index in [-0.39, 0.29) is 29.3 Å². The van der Waals surface area contributed by atoms with Crippen molar-refractivity contribution in [1.82, 2.24) is 4.90 Å². The number of carbonyl (C=O) groups is 1. The van der Waals surface area contributed by atoms with E-state index in [0.717, 1.165) is 25.9 Å². The Morgan fingerprint density at radius 2 is 1.72 bits per heavy atom. The van der Waals surface area contributed by atoms with E-state index in [0.29, 0.717) is 17.8 Å². The number of anilines is 1. The Morgan fingerprint density at radius 3 is 2.38 bits per heavy atom. The Hall–Kier alpha value is -2.99. The second-order valence-electron chi connectivity index (χ2n) is 7.23. The molecule has 4 rings (SSSR count). The van der Waals surface area contributed by atoms with Crippen LogP contribution < -0.4 is 4.90 Å². The van der Waals surface area contributed by atoms with Crippen molar-refractivity contribution in [2.24, 2.45) is 0 Å². The van der Waals surface area contributed by atoms with Crippen molar-refractivity contribution in [3.63, 3.8) is 0 Å². The van der Waals surface area contributed by atoms with Crippen LogP contribution in [0.15, 0.2) is 71.3 Å². The molecular weight excluding hydrogens is 374 g/mol. The van der Waals surface area contributed by atoms with E-state index in [1.165, 1.54) is 24.5 Å². The number of carbonyl (C=O) groups excluding carboxylic acids is 1. The van der Waals surface area contributed by atoms with Crippen molar-refractivity contribution in [1.29, 1.82) is 0 Å². The van der Waals surface area contributed by atoms with Gasteiger partial charge in [0.05, 0.1) is 6.26 Å². The standard InChI is InChI=1S/C23H22F2N2O2/c24-18-7-9-19(10-8-18)27(23(28)22-6-3-15-29-22)20-11-13-26(14-12-20)16-17-4-1-2-5-21(17)25/h1-10,15,20H,11-14,16H2. The van der Waals surface area contributed by atoms with Gasteiger partial charge in [-0.05, 0) is 55.3 Å². The van der Waals surface area contributed by atoms with Gasteiger partial charge in [0.25, 0.3) is 5.91 Å². The van der Waals surface area contributed by atoms with Crippen LogP contribution in [0.4, 0.5) is 14.5 Å². The van der Waals surface area contributed by atoms with Crippen LogP contribution in [0.25, 0.3) is 0 Å². The largest absolute Gasteiger partial charge is 0.459 e. The van der Waals surface area contributed by atoms with Crippen molar-refractivity contribution in [2.45, 2.75) is 25.4 Å². The van der Waals surface area contributed by atoms with E-state index >= 15 is 0 Å². The van der Waals surface area contributed by atoms with Gasteiger partial charge in [-0.2, -0.15) is 0 Å². The lowest BCUT2D eigenvalue weighted by atomic mass is 10.0. The molecule has 3 aromatic rings. The molecule has 0 unspecified atom stereocenters. The zero-order valence-electron chi connectivity index (χ0n) is 15.9. The van der Waals surface area contributed by atoms with E-state index < -0.39 is 0 Å². The summed E-state index contributed by atoms with van der Waals surface area (Å²) in [6.07, 6.45) is 2.93. The quantitative estimate of drug-likeness (QED) is 0.617. The maximum absolute atomic E-state index is 13.9. The van der Waals surface area contributed by atoms with E-state index in [1.54, 1.807) is 41.3 Å². The molecule has 0 saturated carbocycles. The molecule has 1 aromatic heterocycles. The second kappa shape index (κ2) is 8.57. The summed E-state index contributed by atoms with van der Waals surface area (Å²) in [6.45, 7) is 2.02. The molecule has 1 saturated heterocycles. The van der Waals surface area contributed by atoms with Crippen LogP contribution >= 0.6 is 0 Å². The Labute approximate surface area is 168 Å². The SMILES string of the molecule is O=C(c1ccco1)N(c1ccc(F)cc1)C1CCN(Cc2ccccc2F)CC1. The summed E-state index contributed by atoms with van der Waals surface area (Å²) in [4.78, 5) is 17.0. The molecule has 29 heavy (non-hydrogen) atoms. The van der Waals surface area contributed by atoms with Gasteiger partial charge in [0.1, 0.15) is 11.6 Å². The maximum Gasteiger partial charge on any atom is 0.294 e. The van der Waals surface area contributed by atoms with Crippen LogP contribution in [0.2, 0.25) is 0 Å². The number of nitrogens with zero attached hydrogens (tertiary/aromatic N) is 2. The molecule has 2 aromatic carbocycles. The molecule has 4 nitrogen and oxygen atoms in total. The molecule has 1 aliphatic rings. The minimum atomic E-state index is -0.348. The lowest BCUT2D eigenvalue weighted by Crippen LogP contribution is -2.47. The first-order valence-electron chi connectivity index (χ1n) is 9.70. The molecule has 2 heterocycles. The highest BCUT2D eigenvalue weighted by Crippen LogP contribution is 2.27. The summed E-state index contributed by atoms with van der Waals surface area (Å²) >= 11 is 0. The second-order valence-corrected chi connectivity index (χ2v) is 7.23. The molecule has 1 fully saturated rings. The van der Waals surface area contributed by atoms with Gasteiger partial charge in [-0.15, -0.1) is 0 Å². The summed E-state index contributed by atoms with van der Waals surface area (Å²) in [5.74, 6) is -0.535. The van der Waals surface area contributed by atoms with E-state index in [9.17, 15) is 13.6 Å². The number of hydrogen-bond donors (Lipinski definition) is 0. The number of piperidine rings is 1. The normalized spacial score (nSPS) is 15.4. The molecule has 0 aliphatic carbocycles. The van der Waals surface area contributed by atoms with Gasteiger partial charge in [0, 0.05) is 36.9 Å². The first kappa shape index (κ1) is 19.3. The topological polar surface area (TPSA) is 36.7 Å². The van der Waals surface area contributed by atoms with Crippen molar-refractivity contribution in [2.75, 3.05) is 18.0 Å². The summed E-state index contributed by atoms with van der Waals surface area (Å²) < 4.78 is 32.7. The number of amides is 1. The average molecular weight is 396 g/mol. The first-order chi connectivity index (χ1) is 14.1. The molecule has 0 N–H and O–H groups in total.